The van der Waals surface area contributed by atoms with Gasteiger partial charge in [-0.2, -0.15) is 5.10 Å². The maximum atomic E-state index is 12.8. The summed E-state index contributed by atoms with van der Waals surface area (Å²) in [5, 5.41) is 9.05. The van der Waals surface area contributed by atoms with Gasteiger partial charge in [-0.05, 0) is 17.5 Å². The summed E-state index contributed by atoms with van der Waals surface area (Å²) in [6, 6.07) is 7.15. The Morgan fingerprint density at radius 1 is 1.11 bits per heavy atom. The van der Waals surface area contributed by atoms with Crippen molar-refractivity contribution in [1.82, 2.24) is 24.2 Å². The number of nitrogens with zero attached hydrogens (tertiary/aromatic N) is 5. The number of aromatic amines is 1. The summed E-state index contributed by atoms with van der Waals surface area (Å²) in [7, 11) is 3.10. The van der Waals surface area contributed by atoms with E-state index in [4.69, 9.17) is 0 Å². The second-order valence-electron chi connectivity index (χ2n) is 6.66. The monoisotopic (exact) mass is 400 g/mol. The van der Waals surface area contributed by atoms with Crippen LogP contribution < -0.4 is 16.1 Å². The third kappa shape index (κ3) is 3.15. The molecule has 1 aliphatic heterocycles. The molecule has 4 heterocycles. The molecule has 0 atom stereocenters. The van der Waals surface area contributed by atoms with Gasteiger partial charge in [0, 0.05) is 46.3 Å². The van der Waals surface area contributed by atoms with E-state index in [1.807, 2.05) is 22.4 Å². The van der Waals surface area contributed by atoms with Crippen molar-refractivity contribution < 1.29 is 4.79 Å². The molecule has 0 radical (unpaired) electrons. The van der Waals surface area contributed by atoms with Crippen LogP contribution in [0.3, 0.4) is 0 Å². The van der Waals surface area contributed by atoms with E-state index in [-0.39, 0.29) is 17.2 Å². The van der Waals surface area contributed by atoms with Crippen LogP contribution in [0.4, 0.5) is 5.82 Å². The fourth-order valence-corrected chi connectivity index (χ4v) is 4.01. The first-order valence-corrected chi connectivity index (χ1v) is 9.74. The lowest BCUT2D eigenvalue weighted by atomic mass is 10.2. The minimum absolute atomic E-state index is 0.128. The van der Waals surface area contributed by atoms with Crippen LogP contribution in [0.1, 0.15) is 10.5 Å². The van der Waals surface area contributed by atoms with Crippen molar-refractivity contribution in [2.75, 3.05) is 31.1 Å². The molecule has 0 bridgehead atoms. The standard InChI is InChI=1S/C18H20N6O3S/c1-21-15(11-16(25)22(2)18(21)27)23-5-7-24(8-6-23)17(26)13-10-12(19-20-13)14-4-3-9-28-14/h3-4,9-11H,5-8H2,1-2H3,(H,19,20). The van der Waals surface area contributed by atoms with Gasteiger partial charge in [-0.15, -0.1) is 11.3 Å². The fourth-order valence-electron chi connectivity index (χ4n) is 3.31. The Morgan fingerprint density at radius 3 is 2.54 bits per heavy atom. The second kappa shape index (κ2) is 7.12. The van der Waals surface area contributed by atoms with Crippen molar-refractivity contribution in [3.8, 4) is 10.6 Å². The van der Waals surface area contributed by atoms with Crippen molar-refractivity contribution in [1.29, 1.82) is 0 Å². The van der Waals surface area contributed by atoms with Crippen LogP contribution in [0, 0.1) is 0 Å². The van der Waals surface area contributed by atoms with E-state index in [2.05, 4.69) is 10.2 Å². The molecule has 0 spiro atoms. The van der Waals surface area contributed by atoms with Gasteiger partial charge in [-0.1, -0.05) is 6.07 Å². The van der Waals surface area contributed by atoms with Gasteiger partial charge < -0.3 is 9.80 Å². The van der Waals surface area contributed by atoms with E-state index in [1.54, 1.807) is 29.4 Å². The number of thiophene rings is 1. The molecule has 0 aromatic carbocycles. The molecule has 1 N–H and O–H groups in total. The summed E-state index contributed by atoms with van der Waals surface area (Å²) in [4.78, 5) is 41.6. The number of anilines is 1. The van der Waals surface area contributed by atoms with E-state index in [9.17, 15) is 14.4 Å². The number of H-pyrrole nitrogens is 1. The van der Waals surface area contributed by atoms with Gasteiger partial charge in [-0.3, -0.25) is 23.8 Å². The van der Waals surface area contributed by atoms with Crippen LogP contribution >= 0.6 is 11.3 Å². The van der Waals surface area contributed by atoms with Crippen molar-refractivity contribution in [2.45, 2.75) is 0 Å². The van der Waals surface area contributed by atoms with Crippen LogP contribution in [0.15, 0.2) is 39.2 Å². The normalized spacial score (nSPS) is 14.5. The highest BCUT2D eigenvalue weighted by atomic mass is 32.1. The fraction of sp³-hybridized carbons (Fsp3) is 0.333. The number of rotatable bonds is 3. The lowest BCUT2D eigenvalue weighted by Gasteiger charge is -2.36. The van der Waals surface area contributed by atoms with Crippen LogP contribution in [-0.2, 0) is 14.1 Å². The van der Waals surface area contributed by atoms with E-state index in [0.717, 1.165) is 15.1 Å². The minimum Gasteiger partial charge on any atom is -0.354 e. The maximum Gasteiger partial charge on any atom is 0.332 e. The van der Waals surface area contributed by atoms with Gasteiger partial charge >= 0.3 is 5.69 Å². The summed E-state index contributed by atoms with van der Waals surface area (Å²) >= 11 is 1.58. The van der Waals surface area contributed by atoms with Gasteiger partial charge in [0.2, 0.25) is 0 Å². The molecule has 3 aromatic rings. The highest BCUT2D eigenvalue weighted by Gasteiger charge is 2.25. The van der Waals surface area contributed by atoms with E-state index >= 15 is 0 Å². The highest BCUT2D eigenvalue weighted by Crippen LogP contribution is 2.23. The number of hydrogen-bond donors (Lipinski definition) is 1. The van der Waals surface area contributed by atoms with Crippen molar-refractivity contribution in [3.05, 3.63) is 56.2 Å². The van der Waals surface area contributed by atoms with E-state index in [0.29, 0.717) is 37.7 Å². The zero-order chi connectivity index (χ0) is 19.8. The molecular formula is C18H20N6O3S. The summed E-state index contributed by atoms with van der Waals surface area (Å²) in [6.45, 7) is 2.05. The van der Waals surface area contributed by atoms with Gasteiger partial charge in [0.05, 0.1) is 10.6 Å². The summed E-state index contributed by atoms with van der Waals surface area (Å²) in [6.07, 6.45) is 0. The van der Waals surface area contributed by atoms with Crippen molar-refractivity contribution in [3.63, 3.8) is 0 Å². The predicted molar refractivity (Wildman–Crippen MR) is 107 cm³/mol. The molecule has 1 fully saturated rings. The highest BCUT2D eigenvalue weighted by molar-refractivity contribution is 7.13. The summed E-state index contributed by atoms with van der Waals surface area (Å²) in [5.74, 6) is 0.441. The molecule has 0 aliphatic carbocycles. The maximum absolute atomic E-state index is 12.8. The topological polar surface area (TPSA) is 96.2 Å². The lowest BCUT2D eigenvalue weighted by Crippen LogP contribution is -2.51. The zero-order valence-electron chi connectivity index (χ0n) is 15.6. The van der Waals surface area contributed by atoms with Crippen molar-refractivity contribution in [2.24, 2.45) is 14.1 Å². The number of nitrogens with one attached hydrogen (secondary N) is 1. The molecule has 1 amide bonds. The number of hydrogen-bond acceptors (Lipinski definition) is 6. The number of aromatic nitrogens is 4. The first-order chi connectivity index (χ1) is 13.5. The Bertz CT molecular complexity index is 1120. The SMILES string of the molecule is Cn1c(N2CCN(C(=O)c3cc(-c4cccs4)[nH]n3)CC2)cc(=O)n(C)c1=O. The van der Waals surface area contributed by atoms with Crippen LogP contribution in [-0.4, -0.2) is 56.3 Å². The summed E-state index contributed by atoms with van der Waals surface area (Å²) < 4.78 is 2.53. The molecule has 28 heavy (non-hydrogen) atoms. The van der Waals surface area contributed by atoms with E-state index in [1.165, 1.54) is 17.7 Å². The van der Waals surface area contributed by atoms with Gasteiger partial charge in [-0.25, -0.2) is 4.79 Å². The van der Waals surface area contributed by atoms with Gasteiger partial charge in [0.15, 0.2) is 5.69 Å². The molecule has 1 aliphatic rings. The molecule has 146 valence electrons. The Morgan fingerprint density at radius 2 is 1.86 bits per heavy atom. The largest absolute Gasteiger partial charge is 0.354 e. The first-order valence-electron chi connectivity index (χ1n) is 8.86. The first kappa shape index (κ1) is 18.2. The molecule has 9 nitrogen and oxygen atoms in total. The van der Waals surface area contributed by atoms with Crippen LogP contribution in [0.5, 0.6) is 0 Å². The number of amides is 1. The second-order valence-corrected chi connectivity index (χ2v) is 7.61. The van der Waals surface area contributed by atoms with Crippen molar-refractivity contribution >= 4 is 23.1 Å². The van der Waals surface area contributed by atoms with E-state index < -0.39 is 0 Å². The molecular weight excluding hydrogens is 380 g/mol. The third-order valence-corrected chi connectivity index (χ3v) is 5.88. The quantitative estimate of drug-likeness (QED) is 0.691. The lowest BCUT2D eigenvalue weighted by molar-refractivity contribution is 0.0740. The molecule has 0 unspecified atom stereocenters. The average Bonchev–Trinajstić information content (AvgIpc) is 3.40. The van der Waals surface area contributed by atoms with Gasteiger partial charge in [0.1, 0.15) is 5.82 Å². The Balaban J connectivity index is 1.47. The smallest absolute Gasteiger partial charge is 0.332 e. The molecule has 3 aromatic heterocycles. The van der Waals surface area contributed by atoms with Crippen LogP contribution in [0.2, 0.25) is 0 Å². The minimum atomic E-state index is -0.362. The van der Waals surface area contributed by atoms with Gasteiger partial charge in [0.25, 0.3) is 11.5 Å². The Hall–Kier alpha value is -3.14. The third-order valence-electron chi connectivity index (χ3n) is 4.98. The summed E-state index contributed by atoms with van der Waals surface area (Å²) in [5.41, 5.74) is 0.512. The number of piperazine rings is 1. The average molecular weight is 400 g/mol. The molecule has 1 saturated heterocycles. The Kier molecular flexibility index (Phi) is 4.63. The molecule has 4 rings (SSSR count). The molecule has 0 saturated carbocycles. The number of carbonyl (C=O) groups excluding carboxylic acids is 1. The number of carbonyl (C=O) groups is 1. The Labute approximate surface area is 164 Å². The van der Waals surface area contributed by atoms with Crippen LogP contribution in [0.25, 0.3) is 10.6 Å². The zero-order valence-corrected chi connectivity index (χ0v) is 16.4. The predicted octanol–water partition coefficient (Wildman–Crippen LogP) is 0.498. The molecule has 10 heteroatoms.